The Balaban J connectivity index is 2.29. The number of thiol groups is 1. The number of ether oxygens (including phenoxy) is 2. The zero-order valence-electron chi connectivity index (χ0n) is 21.5. The standard InChI is InChI=1S/C26H39N3O5S2/c1-17(2)21(11-10-18(27)16-35)25(31)29-15-20(34-19-8-6-5-7-9-19)14-23(29)24(30)28-22(12-13-36-4)26(32)33-3/h5-11,17-18,20-23,35H,12-16,27H2,1-4H3,(H,28,30)/b11-10+/t18-,20+,21-,22+,23+/m1/s1. The second-order valence-electron chi connectivity index (χ2n) is 9.16. The first-order valence-corrected chi connectivity index (χ1v) is 14.2. The summed E-state index contributed by atoms with van der Waals surface area (Å²) in [6.07, 6.45) is 5.90. The van der Waals surface area contributed by atoms with Crippen LogP contribution in [0, 0.1) is 11.8 Å². The average Bonchev–Trinajstić information content (AvgIpc) is 3.30. The molecule has 0 aliphatic carbocycles. The Labute approximate surface area is 224 Å². The molecule has 0 unspecified atom stereocenters. The summed E-state index contributed by atoms with van der Waals surface area (Å²) < 4.78 is 11.0. The van der Waals surface area contributed by atoms with Gasteiger partial charge in [-0.1, -0.05) is 44.2 Å². The number of nitrogens with two attached hydrogens (primary N) is 1. The number of hydrogen-bond donors (Lipinski definition) is 3. The first-order valence-electron chi connectivity index (χ1n) is 12.2. The molecular formula is C26H39N3O5S2. The Morgan fingerprint density at radius 3 is 2.53 bits per heavy atom. The van der Waals surface area contributed by atoms with E-state index in [4.69, 9.17) is 15.2 Å². The first-order chi connectivity index (χ1) is 17.2. The fraction of sp³-hybridized carbons (Fsp3) is 0.577. The van der Waals surface area contributed by atoms with Gasteiger partial charge in [-0.25, -0.2) is 4.79 Å². The molecular weight excluding hydrogens is 498 g/mol. The van der Waals surface area contributed by atoms with E-state index in [0.717, 1.165) is 0 Å². The van der Waals surface area contributed by atoms with E-state index in [2.05, 4.69) is 17.9 Å². The Morgan fingerprint density at radius 1 is 1.25 bits per heavy atom. The van der Waals surface area contributed by atoms with Crippen molar-refractivity contribution in [1.82, 2.24) is 10.2 Å². The van der Waals surface area contributed by atoms with E-state index < -0.39 is 29.9 Å². The largest absolute Gasteiger partial charge is 0.488 e. The smallest absolute Gasteiger partial charge is 0.328 e. The Kier molecular flexibility index (Phi) is 12.7. The minimum atomic E-state index is -0.782. The minimum absolute atomic E-state index is 0.0110. The lowest BCUT2D eigenvalue weighted by molar-refractivity contribution is -0.146. The second kappa shape index (κ2) is 15.2. The number of hydrogen-bond acceptors (Lipinski definition) is 8. The van der Waals surface area contributed by atoms with Gasteiger partial charge in [-0.05, 0) is 36.5 Å². The van der Waals surface area contributed by atoms with Crippen molar-refractivity contribution in [2.75, 3.05) is 31.4 Å². The molecule has 1 heterocycles. The summed E-state index contributed by atoms with van der Waals surface area (Å²) in [7, 11) is 1.30. The van der Waals surface area contributed by atoms with Gasteiger partial charge in [0.1, 0.15) is 23.9 Å². The quantitative estimate of drug-likeness (QED) is 0.201. The highest BCUT2D eigenvalue weighted by atomic mass is 32.2. The van der Waals surface area contributed by atoms with Crippen molar-refractivity contribution in [1.29, 1.82) is 0 Å². The van der Waals surface area contributed by atoms with Gasteiger partial charge in [-0.2, -0.15) is 24.4 Å². The molecule has 5 atom stereocenters. The van der Waals surface area contributed by atoms with Crippen LogP contribution in [0.3, 0.4) is 0 Å². The summed E-state index contributed by atoms with van der Waals surface area (Å²) in [4.78, 5) is 41.0. The molecule has 0 radical (unpaired) electrons. The third kappa shape index (κ3) is 8.74. The van der Waals surface area contributed by atoms with Crippen molar-refractivity contribution in [3.05, 3.63) is 42.5 Å². The molecule has 2 rings (SSSR count). The van der Waals surface area contributed by atoms with E-state index in [1.807, 2.05) is 56.5 Å². The molecule has 1 aliphatic rings. The van der Waals surface area contributed by atoms with Crippen molar-refractivity contribution >= 4 is 42.2 Å². The molecule has 0 aromatic heterocycles. The van der Waals surface area contributed by atoms with Gasteiger partial charge in [0.05, 0.1) is 19.6 Å². The number of nitrogens with one attached hydrogen (secondary N) is 1. The number of amides is 2. The number of para-hydroxylation sites is 1. The number of carbonyl (C=O) groups is 3. The fourth-order valence-corrected chi connectivity index (χ4v) is 4.66. The van der Waals surface area contributed by atoms with Crippen LogP contribution in [0.4, 0.5) is 0 Å². The fourth-order valence-electron chi connectivity index (χ4n) is 4.07. The average molecular weight is 538 g/mol. The van der Waals surface area contributed by atoms with Gasteiger partial charge >= 0.3 is 5.97 Å². The number of thioether (sulfide) groups is 1. The van der Waals surface area contributed by atoms with Gasteiger partial charge in [0.15, 0.2) is 0 Å². The lowest BCUT2D eigenvalue weighted by atomic mass is 9.93. The molecule has 1 aromatic rings. The van der Waals surface area contributed by atoms with E-state index in [1.54, 1.807) is 22.7 Å². The summed E-state index contributed by atoms with van der Waals surface area (Å²) >= 11 is 5.78. The molecule has 1 fully saturated rings. The molecule has 0 spiro atoms. The first kappa shape index (κ1) is 30.1. The highest BCUT2D eigenvalue weighted by Crippen LogP contribution is 2.27. The van der Waals surface area contributed by atoms with Crippen LogP contribution in [0.25, 0.3) is 0 Å². The molecule has 8 nitrogen and oxygen atoms in total. The zero-order chi connectivity index (χ0) is 26.7. The van der Waals surface area contributed by atoms with E-state index >= 15 is 0 Å². The zero-order valence-corrected chi connectivity index (χ0v) is 23.2. The number of rotatable bonds is 13. The van der Waals surface area contributed by atoms with Crippen LogP contribution in [0.5, 0.6) is 5.75 Å². The molecule has 10 heteroatoms. The van der Waals surface area contributed by atoms with Crippen LogP contribution in [-0.4, -0.2) is 78.3 Å². The summed E-state index contributed by atoms with van der Waals surface area (Å²) in [5.41, 5.74) is 5.98. The van der Waals surface area contributed by atoms with Crippen LogP contribution >= 0.6 is 24.4 Å². The van der Waals surface area contributed by atoms with Gasteiger partial charge in [0.2, 0.25) is 11.8 Å². The van der Waals surface area contributed by atoms with Crippen LogP contribution in [0.1, 0.15) is 26.7 Å². The van der Waals surface area contributed by atoms with Crippen LogP contribution < -0.4 is 15.8 Å². The van der Waals surface area contributed by atoms with Gasteiger partial charge in [-0.3, -0.25) is 9.59 Å². The highest BCUT2D eigenvalue weighted by Gasteiger charge is 2.43. The minimum Gasteiger partial charge on any atom is -0.488 e. The monoisotopic (exact) mass is 537 g/mol. The lowest BCUT2D eigenvalue weighted by Gasteiger charge is -2.29. The van der Waals surface area contributed by atoms with Crippen LogP contribution in [0.15, 0.2) is 42.5 Å². The van der Waals surface area contributed by atoms with Crippen molar-refractivity contribution < 1.29 is 23.9 Å². The van der Waals surface area contributed by atoms with E-state index in [1.165, 1.54) is 7.11 Å². The van der Waals surface area contributed by atoms with Crippen LogP contribution in [-0.2, 0) is 19.1 Å². The molecule has 1 saturated heterocycles. The molecule has 36 heavy (non-hydrogen) atoms. The number of carbonyl (C=O) groups excluding carboxylic acids is 3. The molecule has 0 bridgehead atoms. The van der Waals surface area contributed by atoms with Crippen molar-refractivity contribution in [2.45, 2.75) is 50.9 Å². The highest BCUT2D eigenvalue weighted by molar-refractivity contribution is 7.98. The van der Waals surface area contributed by atoms with Crippen molar-refractivity contribution in [3.63, 3.8) is 0 Å². The topological polar surface area (TPSA) is 111 Å². The summed E-state index contributed by atoms with van der Waals surface area (Å²) in [6.45, 7) is 4.17. The van der Waals surface area contributed by atoms with Gasteiger partial charge in [-0.15, -0.1) is 0 Å². The third-order valence-corrected chi connectivity index (χ3v) is 7.15. The molecule has 1 aliphatic heterocycles. The number of likely N-dealkylation sites (tertiary alicyclic amines) is 1. The Morgan fingerprint density at radius 2 is 1.94 bits per heavy atom. The Bertz CT molecular complexity index is 884. The normalized spacial score (nSPS) is 20.2. The van der Waals surface area contributed by atoms with E-state index in [-0.39, 0.29) is 30.5 Å². The second-order valence-corrected chi connectivity index (χ2v) is 10.5. The Hall–Kier alpha value is -2.17. The predicted octanol–water partition coefficient (Wildman–Crippen LogP) is 2.53. The number of benzene rings is 1. The number of methoxy groups -OCH3 is 1. The molecule has 2 amide bonds. The van der Waals surface area contributed by atoms with E-state index in [9.17, 15) is 14.4 Å². The SMILES string of the molecule is COC(=O)[C@H](CCSC)NC(=O)[C@@H]1C[C@H](Oc2ccccc2)CN1C(=O)[C@H](/C=C/[C@@H](N)CS)C(C)C. The maximum Gasteiger partial charge on any atom is 0.328 e. The van der Waals surface area contributed by atoms with Crippen molar-refractivity contribution in [2.24, 2.45) is 17.6 Å². The predicted molar refractivity (Wildman–Crippen MR) is 147 cm³/mol. The van der Waals surface area contributed by atoms with E-state index in [0.29, 0.717) is 30.1 Å². The third-order valence-electron chi connectivity index (χ3n) is 6.09. The van der Waals surface area contributed by atoms with Crippen molar-refractivity contribution in [3.8, 4) is 5.75 Å². The van der Waals surface area contributed by atoms with Gasteiger partial charge in [0, 0.05) is 18.2 Å². The molecule has 3 N–H and O–H groups in total. The molecule has 200 valence electrons. The maximum absolute atomic E-state index is 13.7. The number of esters is 1. The summed E-state index contributed by atoms with van der Waals surface area (Å²) in [6, 6.07) is 7.48. The number of nitrogens with zero attached hydrogens (tertiary/aromatic N) is 1. The molecule has 1 aromatic carbocycles. The van der Waals surface area contributed by atoms with Gasteiger partial charge in [0.25, 0.3) is 0 Å². The summed E-state index contributed by atoms with van der Waals surface area (Å²) in [5, 5.41) is 2.82. The maximum atomic E-state index is 13.7. The lowest BCUT2D eigenvalue weighted by Crippen LogP contribution is -2.52. The molecule has 0 saturated carbocycles. The van der Waals surface area contributed by atoms with Gasteiger partial charge < -0.3 is 25.4 Å². The summed E-state index contributed by atoms with van der Waals surface area (Å²) in [5.74, 6) is 0.263. The van der Waals surface area contributed by atoms with Crippen LogP contribution in [0.2, 0.25) is 0 Å².